The van der Waals surface area contributed by atoms with Crippen LogP contribution in [0.2, 0.25) is 0 Å². The Morgan fingerprint density at radius 1 is 0.842 bits per heavy atom. The fourth-order valence-corrected chi connectivity index (χ4v) is 1.53. The van der Waals surface area contributed by atoms with Crippen LogP contribution in [0.15, 0.2) is 54.6 Å². The summed E-state index contributed by atoms with van der Waals surface area (Å²) in [6.07, 6.45) is 1.01. The van der Waals surface area contributed by atoms with Crippen molar-refractivity contribution >= 4 is 11.5 Å². The Morgan fingerprint density at radius 2 is 1.26 bits per heavy atom. The van der Waals surface area contributed by atoms with Crippen LogP contribution in [-0.4, -0.2) is 10.9 Å². The second-order valence-electron chi connectivity index (χ2n) is 3.91. The molecule has 2 nitrogen and oxygen atoms in total. The maximum atomic E-state index is 12.7. The van der Waals surface area contributed by atoms with E-state index in [1.54, 1.807) is 0 Å². The minimum Gasteiger partial charge on any atom is -0.507 e. The van der Waals surface area contributed by atoms with Crippen molar-refractivity contribution in [2.24, 2.45) is 0 Å². The van der Waals surface area contributed by atoms with Crippen molar-refractivity contribution in [1.29, 1.82) is 0 Å². The summed E-state index contributed by atoms with van der Waals surface area (Å²) in [5.74, 6) is -1.60. The summed E-state index contributed by atoms with van der Waals surface area (Å²) in [6, 6.07) is 10.1. The molecule has 0 radical (unpaired) electrons. The van der Waals surface area contributed by atoms with Gasteiger partial charge in [0.1, 0.15) is 17.4 Å². The van der Waals surface area contributed by atoms with Crippen LogP contribution in [-0.2, 0) is 0 Å². The highest BCUT2D eigenvalue weighted by Crippen LogP contribution is 2.14. The molecule has 2 aromatic rings. The number of hydrogen-bond acceptors (Lipinski definition) is 2. The Hall–Kier alpha value is -2.49. The van der Waals surface area contributed by atoms with E-state index in [4.69, 9.17) is 0 Å². The zero-order valence-electron chi connectivity index (χ0n) is 9.81. The molecular formula is C15H10F2O2. The van der Waals surface area contributed by atoms with Gasteiger partial charge in [-0.25, -0.2) is 8.78 Å². The molecule has 0 saturated heterocycles. The standard InChI is InChI=1S/C15H10F2O2/c16-12-5-1-10(2-6-12)14(18)9-15(19)11-3-7-13(17)8-4-11/h1-9,18H/b14-9-. The average Bonchev–Trinajstić information content (AvgIpc) is 2.40. The molecule has 0 aliphatic heterocycles. The number of aliphatic hydroxyl groups excluding tert-OH is 1. The van der Waals surface area contributed by atoms with Gasteiger partial charge in [0.05, 0.1) is 0 Å². The fourth-order valence-electron chi connectivity index (χ4n) is 1.53. The normalized spacial score (nSPS) is 11.4. The van der Waals surface area contributed by atoms with Crippen molar-refractivity contribution in [1.82, 2.24) is 0 Å². The quantitative estimate of drug-likeness (QED) is 0.518. The van der Waals surface area contributed by atoms with Crippen molar-refractivity contribution in [2.45, 2.75) is 0 Å². The second kappa shape index (κ2) is 5.44. The zero-order chi connectivity index (χ0) is 13.8. The van der Waals surface area contributed by atoms with E-state index < -0.39 is 17.4 Å². The number of carbonyl (C=O) groups is 1. The Balaban J connectivity index is 2.22. The number of rotatable bonds is 3. The Labute approximate surface area is 108 Å². The number of allylic oxidation sites excluding steroid dienone is 1. The fraction of sp³-hybridized carbons (Fsp3) is 0. The number of ketones is 1. The second-order valence-corrected chi connectivity index (χ2v) is 3.91. The third-order valence-electron chi connectivity index (χ3n) is 2.54. The van der Waals surface area contributed by atoms with Crippen LogP contribution in [0.3, 0.4) is 0 Å². The molecule has 1 N–H and O–H groups in total. The summed E-state index contributed by atoms with van der Waals surface area (Å²) >= 11 is 0. The first-order valence-electron chi connectivity index (χ1n) is 5.53. The molecule has 2 rings (SSSR count). The molecule has 0 aliphatic carbocycles. The van der Waals surface area contributed by atoms with Gasteiger partial charge in [-0.1, -0.05) is 0 Å². The van der Waals surface area contributed by atoms with Crippen LogP contribution >= 0.6 is 0 Å². The molecule has 96 valence electrons. The van der Waals surface area contributed by atoms with Gasteiger partial charge in [-0.3, -0.25) is 4.79 Å². The third-order valence-corrected chi connectivity index (χ3v) is 2.54. The topological polar surface area (TPSA) is 37.3 Å². The van der Waals surface area contributed by atoms with E-state index in [1.165, 1.54) is 36.4 Å². The van der Waals surface area contributed by atoms with Crippen molar-refractivity contribution < 1.29 is 18.7 Å². The predicted octanol–water partition coefficient (Wildman–Crippen LogP) is 3.75. The molecular weight excluding hydrogens is 250 g/mol. The van der Waals surface area contributed by atoms with Gasteiger partial charge in [0.15, 0.2) is 5.78 Å². The molecule has 0 bridgehead atoms. The number of carbonyl (C=O) groups excluding carboxylic acids is 1. The van der Waals surface area contributed by atoms with Crippen molar-refractivity contribution in [3.8, 4) is 0 Å². The average molecular weight is 260 g/mol. The van der Waals surface area contributed by atoms with Crippen molar-refractivity contribution in [3.05, 3.63) is 77.4 Å². The number of benzene rings is 2. The van der Waals surface area contributed by atoms with Gasteiger partial charge in [-0.05, 0) is 48.5 Å². The molecule has 0 heterocycles. The van der Waals surface area contributed by atoms with E-state index in [2.05, 4.69) is 0 Å². The summed E-state index contributed by atoms with van der Waals surface area (Å²) in [4.78, 5) is 11.8. The molecule has 0 spiro atoms. The summed E-state index contributed by atoms with van der Waals surface area (Å²) in [6.45, 7) is 0. The monoisotopic (exact) mass is 260 g/mol. The largest absolute Gasteiger partial charge is 0.507 e. The molecule has 4 heteroatoms. The minimum atomic E-state index is -0.457. The highest BCUT2D eigenvalue weighted by atomic mass is 19.1. The van der Waals surface area contributed by atoms with Gasteiger partial charge in [-0.15, -0.1) is 0 Å². The lowest BCUT2D eigenvalue weighted by atomic mass is 10.1. The molecule has 0 amide bonds. The summed E-state index contributed by atoms with van der Waals surface area (Å²) in [7, 11) is 0. The molecule has 0 aliphatic rings. The van der Waals surface area contributed by atoms with Crippen molar-refractivity contribution in [3.63, 3.8) is 0 Å². The van der Waals surface area contributed by atoms with Crippen LogP contribution < -0.4 is 0 Å². The first-order valence-corrected chi connectivity index (χ1v) is 5.53. The van der Waals surface area contributed by atoms with Gasteiger partial charge in [0.25, 0.3) is 0 Å². The highest BCUT2D eigenvalue weighted by molar-refractivity contribution is 6.07. The maximum Gasteiger partial charge on any atom is 0.189 e. The lowest BCUT2D eigenvalue weighted by Crippen LogP contribution is -1.96. The molecule has 0 atom stereocenters. The molecule has 0 saturated carbocycles. The zero-order valence-corrected chi connectivity index (χ0v) is 9.81. The van der Waals surface area contributed by atoms with Gasteiger partial charge >= 0.3 is 0 Å². The summed E-state index contributed by atoms with van der Waals surface area (Å²) in [5.41, 5.74) is 0.590. The number of hydrogen-bond donors (Lipinski definition) is 1. The lowest BCUT2D eigenvalue weighted by molar-refractivity contribution is 0.104. The van der Waals surface area contributed by atoms with E-state index in [-0.39, 0.29) is 11.3 Å². The van der Waals surface area contributed by atoms with Crippen molar-refractivity contribution in [2.75, 3.05) is 0 Å². The molecule has 19 heavy (non-hydrogen) atoms. The van der Waals surface area contributed by atoms with Crippen LogP contribution in [0.5, 0.6) is 0 Å². The van der Waals surface area contributed by atoms with Gasteiger partial charge in [0.2, 0.25) is 0 Å². The van der Waals surface area contributed by atoms with Gasteiger partial charge < -0.3 is 5.11 Å². The van der Waals surface area contributed by atoms with Crippen LogP contribution in [0, 0.1) is 11.6 Å². The van der Waals surface area contributed by atoms with Crippen LogP contribution in [0.4, 0.5) is 8.78 Å². The molecule has 0 aromatic heterocycles. The van der Waals surface area contributed by atoms with E-state index in [9.17, 15) is 18.7 Å². The van der Waals surface area contributed by atoms with Gasteiger partial charge in [-0.2, -0.15) is 0 Å². The molecule has 0 unspecified atom stereocenters. The maximum absolute atomic E-state index is 12.7. The summed E-state index contributed by atoms with van der Waals surface area (Å²) in [5, 5.41) is 9.74. The van der Waals surface area contributed by atoms with E-state index in [0.29, 0.717) is 5.56 Å². The minimum absolute atomic E-state index is 0.259. The lowest BCUT2D eigenvalue weighted by Gasteiger charge is -2.00. The van der Waals surface area contributed by atoms with Crippen LogP contribution in [0.1, 0.15) is 15.9 Å². The van der Waals surface area contributed by atoms with Gasteiger partial charge in [0, 0.05) is 17.2 Å². The number of aliphatic hydroxyl groups is 1. The van der Waals surface area contributed by atoms with E-state index in [1.807, 2.05) is 0 Å². The molecule has 0 fully saturated rings. The Bertz CT molecular complexity index is 614. The van der Waals surface area contributed by atoms with E-state index >= 15 is 0 Å². The smallest absolute Gasteiger partial charge is 0.189 e. The summed E-state index contributed by atoms with van der Waals surface area (Å²) < 4.78 is 25.4. The Kier molecular flexibility index (Phi) is 3.71. The highest BCUT2D eigenvalue weighted by Gasteiger charge is 2.06. The van der Waals surface area contributed by atoms with E-state index in [0.717, 1.165) is 18.2 Å². The Morgan fingerprint density at radius 3 is 1.74 bits per heavy atom. The first kappa shape index (κ1) is 13.0. The predicted molar refractivity (Wildman–Crippen MR) is 67.7 cm³/mol. The first-order chi connectivity index (χ1) is 9.06. The van der Waals surface area contributed by atoms with Crippen LogP contribution in [0.25, 0.3) is 5.76 Å². The SMILES string of the molecule is O=C(/C=C(\O)c1ccc(F)cc1)c1ccc(F)cc1. The third kappa shape index (κ3) is 3.25. The molecule has 2 aromatic carbocycles. The number of halogens is 2.